The maximum Gasteiger partial charge on any atom is 0.239 e. The molecule has 0 bridgehead atoms. The molecule has 7 heteroatoms. The smallest absolute Gasteiger partial charge is 0.239 e. The molecule has 1 atom stereocenters. The second-order valence-electron chi connectivity index (χ2n) is 4.34. The van der Waals surface area contributed by atoms with E-state index in [1.165, 1.54) is 0 Å². The van der Waals surface area contributed by atoms with Gasteiger partial charge in [-0.1, -0.05) is 0 Å². The van der Waals surface area contributed by atoms with Gasteiger partial charge in [0.1, 0.15) is 6.04 Å². The lowest BCUT2D eigenvalue weighted by atomic mass is 10.2. The number of halogens is 1. The zero-order valence-corrected chi connectivity index (χ0v) is 11.6. The summed E-state index contributed by atoms with van der Waals surface area (Å²) in [4.78, 5) is 22.9. The molecule has 0 spiro atoms. The predicted molar refractivity (Wildman–Crippen MR) is 70.8 cm³/mol. The molecule has 1 unspecified atom stereocenters. The monoisotopic (exact) mass is 279 g/mol. The van der Waals surface area contributed by atoms with Gasteiger partial charge in [0, 0.05) is 25.6 Å². The minimum Gasteiger partial charge on any atom is -0.378 e. The van der Waals surface area contributed by atoms with Crippen LogP contribution in [0.1, 0.15) is 20.3 Å². The molecule has 1 aliphatic rings. The maximum absolute atomic E-state index is 11.6. The summed E-state index contributed by atoms with van der Waals surface area (Å²) in [5.41, 5.74) is 0. The van der Waals surface area contributed by atoms with Gasteiger partial charge in [0.25, 0.3) is 0 Å². The number of carbonyl (C=O) groups excluding carboxylic acids is 2. The number of amides is 2. The lowest BCUT2D eigenvalue weighted by Crippen LogP contribution is -2.51. The zero-order chi connectivity index (χ0) is 12.7. The molecule has 106 valence electrons. The third-order valence-electron chi connectivity index (χ3n) is 2.34. The van der Waals surface area contributed by atoms with Crippen molar-refractivity contribution in [2.75, 3.05) is 26.3 Å². The number of nitrogens with one attached hydrogen (secondary N) is 3. The number of carbonyl (C=O) groups is 2. The first-order chi connectivity index (χ1) is 8.09. The van der Waals surface area contributed by atoms with Gasteiger partial charge < -0.3 is 20.7 Å². The van der Waals surface area contributed by atoms with Crippen LogP contribution < -0.4 is 16.0 Å². The van der Waals surface area contributed by atoms with Gasteiger partial charge in [-0.05, 0) is 13.8 Å². The highest BCUT2D eigenvalue weighted by Crippen LogP contribution is 1.93. The highest BCUT2D eigenvalue weighted by molar-refractivity contribution is 5.85. The summed E-state index contributed by atoms with van der Waals surface area (Å²) in [6.07, 6.45) is 0.303. The molecular weight excluding hydrogens is 258 g/mol. The summed E-state index contributed by atoms with van der Waals surface area (Å²) in [6.45, 7) is 5.88. The molecule has 1 fully saturated rings. The van der Waals surface area contributed by atoms with Crippen LogP contribution in [0.25, 0.3) is 0 Å². The van der Waals surface area contributed by atoms with Crippen LogP contribution in [-0.4, -0.2) is 50.2 Å². The molecule has 0 aliphatic carbocycles. The van der Waals surface area contributed by atoms with Crippen molar-refractivity contribution in [3.63, 3.8) is 0 Å². The van der Waals surface area contributed by atoms with Crippen molar-refractivity contribution in [3.8, 4) is 0 Å². The summed E-state index contributed by atoms with van der Waals surface area (Å²) < 4.78 is 5.18. The minimum absolute atomic E-state index is 0. The van der Waals surface area contributed by atoms with E-state index in [4.69, 9.17) is 4.74 Å². The topological polar surface area (TPSA) is 79.5 Å². The largest absolute Gasteiger partial charge is 0.378 e. The van der Waals surface area contributed by atoms with Gasteiger partial charge in [0.05, 0.1) is 13.2 Å². The van der Waals surface area contributed by atoms with Crippen LogP contribution in [0.15, 0.2) is 0 Å². The summed E-state index contributed by atoms with van der Waals surface area (Å²) in [5.74, 6) is -0.157. The number of hydrogen-bond donors (Lipinski definition) is 3. The zero-order valence-electron chi connectivity index (χ0n) is 10.8. The Labute approximate surface area is 114 Å². The van der Waals surface area contributed by atoms with Gasteiger partial charge in [-0.25, -0.2) is 0 Å². The van der Waals surface area contributed by atoms with Gasteiger partial charge in [0.2, 0.25) is 11.8 Å². The molecule has 0 radical (unpaired) electrons. The summed E-state index contributed by atoms with van der Waals surface area (Å²) >= 11 is 0. The first-order valence-corrected chi connectivity index (χ1v) is 5.98. The lowest BCUT2D eigenvalue weighted by molar-refractivity contribution is -0.126. The molecule has 2 amide bonds. The molecule has 0 aromatic rings. The Balaban J connectivity index is 0.00000289. The average Bonchev–Trinajstić information content (AvgIpc) is 2.29. The second-order valence-corrected chi connectivity index (χ2v) is 4.34. The molecule has 0 aromatic heterocycles. The van der Waals surface area contributed by atoms with E-state index >= 15 is 0 Å². The van der Waals surface area contributed by atoms with Crippen molar-refractivity contribution in [1.82, 2.24) is 16.0 Å². The van der Waals surface area contributed by atoms with E-state index in [1.54, 1.807) is 0 Å². The van der Waals surface area contributed by atoms with Crippen LogP contribution in [0.4, 0.5) is 0 Å². The standard InChI is InChI=1S/C11H21N3O3.ClH/c1-8(2)14-10(15)3-4-13-11(16)9-7-17-6-5-12-9;/h8-9,12H,3-7H2,1-2H3,(H,13,16)(H,14,15);1H. The number of hydrogen-bond acceptors (Lipinski definition) is 4. The maximum atomic E-state index is 11.6. The van der Waals surface area contributed by atoms with E-state index in [-0.39, 0.29) is 36.3 Å². The van der Waals surface area contributed by atoms with Crippen molar-refractivity contribution >= 4 is 24.2 Å². The van der Waals surface area contributed by atoms with Crippen LogP contribution in [0.5, 0.6) is 0 Å². The fourth-order valence-corrected chi connectivity index (χ4v) is 1.55. The Bertz CT molecular complexity index is 268. The van der Waals surface area contributed by atoms with Crippen LogP contribution in [0, 0.1) is 0 Å². The first kappa shape index (κ1) is 17.2. The van der Waals surface area contributed by atoms with Crippen LogP contribution >= 0.6 is 12.4 Å². The Morgan fingerprint density at radius 1 is 1.44 bits per heavy atom. The van der Waals surface area contributed by atoms with Gasteiger partial charge >= 0.3 is 0 Å². The third-order valence-corrected chi connectivity index (χ3v) is 2.34. The van der Waals surface area contributed by atoms with Crippen molar-refractivity contribution < 1.29 is 14.3 Å². The van der Waals surface area contributed by atoms with Gasteiger partial charge in [-0.15, -0.1) is 12.4 Å². The van der Waals surface area contributed by atoms with E-state index in [0.717, 1.165) is 0 Å². The van der Waals surface area contributed by atoms with E-state index < -0.39 is 0 Å². The van der Waals surface area contributed by atoms with E-state index in [1.807, 2.05) is 13.8 Å². The molecule has 0 aromatic carbocycles. The van der Waals surface area contributed by atoms with Crippen molar-refractivity contribution in [3.05, 3.63) is 0 Å². The number of rotatable bonds is 5. The molecular formula is C11H22ClN3O3. The molecule has 6 nitrogen and oxygen atoms in total. The molecule has 1 heterocycles. The highest BCUT2D eigenvalue weighted by Gasteiger charge is 2.20. The molecule has 1 aliphatic heterocycles. The summed E-state index contributed by atoms with van der Waals surface area (Å²) in [5, 5.41) is 8.53. The summed E-state index contributed by atoms with van der Waals surface area (Å²) in [7, 11) is 0. The van der Waals surface area contributed by atoms with Crippen LogP contribution in [-0.2, 0) is 14.3 Å². The Morgan fingerprint density at radius 2 is 2.17 bits per heavy atom. The minimum atomic E-state index is -0.295. The van der Waals surface area contributed by atoms with Crippen molar-refractivity contribution in [1.29, 1.82) is 0 Å². The third kappa shape index (κ3) is 6.78. The number of morpholine rings is 1. The van der Waals surface area contributed by atoms with Gasteiger partial charge in [-0.2, -0.15) is 0 Å². The van der Waals surface area contributed by atoms with Crippen LogP contribution in [0.3, 0.4) is 0 Å². The van der Waals surface area contributed by atoms with Gasteiger partial charge in [-0.3, -0.25) is 9.59 Å². The Morgan fingerprint density at radius 3 is 2.72 bits per heavy atom. The number of ether oxygens (including phenoxy) is 1. The van der Waals surface area contributed by atoms with E-state index in [0.29, 0.717) is 32.7 Å². The normalized spacial score (nSPS) is 18.9. The van der Waals surface area contributed by atoms with E-state index in [2.05, 4.69) is 16.0 Å². The fraction of sp³-hybridized carbons (Fsp3) is 0.818. The Kier molecular flexibility index (Phi) is 8.70. The molecule has 1 saturated heterocycles. The molecule has 3 N–H and O–H groups in total. The average molecular weight is 280 g/mol. The van der Waals surface area contributed by atoms with E-state index in [9.17, 15) is 9.59 Å². The quantitative estimate of drug-likeness (QED) is 0.630. The lowest BCUT2D eigenvalue weighted by Gasteiger charge is -2.22. The first-order valence-electron chi connectivity index (χ1n) is 5.98. The van der Waals surface area contributed by atoms with Crippen molar-refractivity contribution in [2.45, 2.75) is 32.4 Å². The molecule has 1 rings (SSSR count). The Hall–Kier alpha value is -0.850. The summed E-state index contributed by atoms with van der Waals surface area (Å²) in [6, 6.07) is -0.163. The molecule has 0 saturated carbocycles. The van der Waals surface area contributed by atoms with Crippen LogP contribution in [0.2, 0.25) is 0 Å². The highest BCUT2D eigenvalue weighted by atomic mass is 35.5. The van der Waals surface area contributed by atoms with Crippen molar-refractivity contribution in [2.24, 2.45) is 0 Å². The molecule has 18 heavy (non-hydrogen) atoms. The van der Waals surface area contributed by atoms with Gasteiger partial charge in [0.15, 0.2) is 0 Å². The second kappa shape index (κ2) is 9.13. The predicted octanol–water partition coefficient (Wildman–Crippen LogP) is -0.572. The SMILES string of the molecule is CC(C)NC(=O)CCNC(=O)C1COCCN1.Cl. The fourth-order valence-electron chi connectivity index (χ4n) is 1.55.